The normalized spacial score (nSPS) is 12.5. The van der Waals surface area contributed by atoms with Crippen LogP contribution < -0.4 is 5.73 Å². The molecule has 0 spiro atoms. The summed E-state index contributed by atoms with van der Waals surface area (Å²) in [5.74, 6) is 0. The minimum atomic E-state index is -0.612. The topological polar surface area (TPSA) is 35.2 Å². The van der Waals surface area contributed by atoms with Crippen molar-refractivity contribution in [2.75, 3.05) is 6.61 Å². The maximum atomic E-state index is 6.86. The van der Waals surface area contributed by atoms with Crippen LogP contribution in [-0.2, 0) is 10.3 Å². The average molecular weight is 444 g/mol. The van der Waals surface area contributed by atoms with Crippen molar-refractivity contribution in [2.24, 2.45) is 5.73 Å². The second-order valence-corrected chi connectivity index (χ2v) is 9.09. The van der Waals surface area contributed by atoms with Crippen LogP contribution in [0.1, 0.15) is 81.4 Å². The largest absolute Gasteiger partial charge is 0.361 e. The fourth-order valence-electron chi connectivity index (χ4n) is 4.66. The Hall–Kier alpha value is -2.42. The van der Waals surface area contributed by atoms with Crippen molar-refractivity contribution in [1.82, 2.24) is 0 Å². The first-order valence-corrected chi connectivity index (χ1v) is 12.8. The highest BCUT2D eigenvalue weighted by Gasteiger charge is 2.37. The third-order valence-corrected chi connectivity index (χ3v) is 6.51. The van der Waals surface area contributed by atoms with Gasteiger partial charge in [0.15, 0.2) is 0 Å². The Bertz CT molecular complexity index is 782. The van der Waals surface area contributed by atoms with Crippen LogP contribution in [0.2, 0.25) is 0 Å². The average Bonchev–Trinajstić information content (AvgIpc) is 2.88. The van der Waals surface area contributed by atoms with Crippen LogP contribution in [0.5, 0.6) is 0 Å². The van der Waals surface area contributed by atoms with Gasteiger partial charge in [-0.05, 0) is 36.0 Å². The van der Waals surface area contributed by atoms with E-state index in [1.54, 1.807) is 0 Å². The fourth-order valence-corrected chi connectivity index (χ4v) is 4.66. The van der Waals surface area contributed by atoms with Gasteiger partial charge in [0, 0.05) is 12.6 Å². The molecule has 3 aromatic carbocycles. The van der Waals surface area contributed by atoms with E-state index in [0.717, 1.165) is 42.4 Å². The molecular weight excluding hydrogens is 402 g/mol. The molecule has 2 N–H and O–H groups in total. The quantitative estimate of drug-likeness (QED) is 0.192. The van der Waals surface area contributed by atoms with E-state index < -0.39 is 5.60 Å². The molecule has 0 aromatic heterocycles. The van der Waals surface area contributed by atoms with Gasteiger partial charge in [-0.1, -0.05) is 136 Å². The Labute approximate surface area is 201 Å². The van der Waals surface area contributed by atoms with Gasteiger partial charge in [0.1, 0.15) is 5.60 Å². The van der Waals surface area contributed by atoms with E-state index in [9.17, 15) is 0 Å². The van der Waals surface area contributed by atoms with E-state index in [1.165, 1.54) is 32.1 Å². The second kappa shape index (κ2) is 14.0. The van der Waals surface area contributed by atoms with Gasteiger partial charge in [0.05, 0.1) is 0 Å². The molecule has 1 atom stereocenters. The Kier molecular flexibility index (Phi) is 10.7. The van der Waals surface area contributed by atoms with Crippen molar-refractivity contribution in [3.63, 3.8) is 0 Å². The molecule has 33 heavy (non-hydrogen) atoms. The molecule has 2 nitrogen and oxygen atoms in total. The molecule has 0 amide bonds. The lowest BCUT2D eigenvalue weighted by Crippen LogP contribution is -2.33. The summed E-state index contributed by atoms with van der Waals surface area (Å²) in [4.78, 5) is 0. The van der Waals surface area contributed by atoms with Crippen molar-refractivity contribution in [3.8, 4) is 0 Å². The number of benzene rings is 3. The number of hydrogen-bond acceptors (Lipinski definition) is 2. The van der Waals surface area contributed by atoms with Gasteiger partial charge in [-0.15, -0.1) is 0 Å². The van der Waals surface area contributed by atoms with Crippen LogP contribution in [0.3, 0.4) is 0 Å². The van der Waals surface area contributed by atoms with Crippen molar-refractivity contribution >= 4 is 0 Å². The summed E-state index contributed by atoms with van der Waals surface area (Å²) in [5, 5.41) is 0. The fraction of sp³-hybridized carbons (Fsp3) is 0.419. The Balaban J connectivity index is 1.65. The predicted octanol–water partition coefficient (Wildman–Crippen LogP) is 7.85. The Morgan fingerprint density at radius 2 is 1.03 bits per heavy atom. The van der Waals surface area contributed by atoms with Crippen molar-refractivity contribution in [1.29, 1.82) is 0 Å². The molecule has 0 saturated carbocycles. The van der Waals surface area contributed by atoms with Gasteiger partial charge in [-0.3, -0.25) is 0 Å². The van der Waals surface area contributed by atoms with Crippen molar-refractivity contribution < 1.29 is 4.74 Å². The summed E-state index contributed by atoms with van der Waals surface area (Å²) in [6.07, 6.45) is 10.8. The first-order valence-electron chi connectivity index (χ1n) is 12.8. The number of nitrogens with two attached hydrogens (primary N) is 1. The third-order valence-electron chi connectivity index (χ3n) is 6.51. The van der Waals surface area contributed by atoms with E-state index in [2.05, 4.69) is 97.9 Å². The first kappa shape index (κ1) is 25.2. The SMILES string of the molecule is CCCCCCC(N)CCCCCOC(c1ccccc1)(c1ccccc1)c1ccccc1. The monoisotopic (exact) mass is 443 g/mol. The zero-order chi connectivity index (χ0) is 23.2. The lowest BCUT2D eigenvalue weighted by molar-refractivity contribution is 0.0106. The van der Waals surface area contributed by atoms with Crippen molar-refractivity contribution in [2.45, 2.75) is 76.4 Å². The van der Waals surface area contributed by atoms with Gasteiger partial charge < -0.3 is 10.5 Å². The number of unbranched alkanes of at least 4 members (excludes halogenated alkanes) is 5. The van der Waals surface area contributed by atoms with Crippen LogP contribution in [0.25, 0.3) is 0 Å². The molecule has 0 aliphatic heterocycles. The molecule has 0 radical (unpaired) electrons. The zero-order valence-electron chi connectivity index (χ0n) is 20.3. The van der Waals surface area contributed by atoms with Gasteiger partial charge in [0.2, 0.25) is 0 Å². The molecule has 0 aliphatic rings. The van der Waals surface area contributed by atoms with Crippen LogP contribution >= 0.6 is 0 Å². The summed E-state index contributed by atoms with van der Waals surface area (Å²) in [6, 6.07) is 32.2. The van der Waals surface area contributed by atoms with E-state index in [0.29, 0.717) is 12.6 Å². The number of ether oxygens (including phenoxy) is 1. The van der Waals surface area contributed by atoms with Crippen molar-refractivity contribution in [3.05, 3.63) is 108 Å². The van der Waals surface area contributed by atoms with Crippen LogP contribution in [0, 0.1) is 0 Å². The molecule has 0 fully saturated rings. The van der Waals surface area contributed by atoms with E-state index in [1.807, 2.05) is 0 Å². The van der Waals surface area contributed by atoms with E-state index >= 15 is 0 Å². The highest BCUT2D eigenvalue weighted by atomic mass is 16.5. The predicted molar refractivity (Wildman–Crippen MR) is 140 cm³/mol. The number of rotatable bonds is 15. The van der Waals surface area contributed by atoms with E-state index in [-0.39, 0.29) is 0 Å². The third kappa shape index (κ3) is 7.28. The van der Waals surface area contributed by atoms with Gasteiger partial charge in [-0.25, -0.2) is 0 Å². The van der Waals surface area contributed by atoms with Gasteiger partial charge in [-0.2, -0.15) is 0 Å². The van der Waals surface area contributed by atoms with E-state index in [4.69, 9.17) is 10.5 Å². The molecule has 2 heteroatoms. The molecule has 0 bridgehead atoms. The molecule has 3 rings (SSSR count). The molecule has 176 valence electrons. The molecule has 0 heterocycles. The Morgan fingerprint density at radius 1 is 0.606 bits per heavy atom. The Morgan fingerprint density at radius 3 is 1.45 bits per heavy atom. The highest BCUT2D eigenvalue weighted by Crippen LogP contribution is 2.40. The van der Waals surface area contributed by atoms with Crippen LogP contribution in [0.4, 0.5) is 0 Å². The lowest BCUT2D eigenvalue weighted by Gasteiger charge is -2.36. The smallest absolute Gasteiger partial charge is 0.143 e. The maximum Gasteiger partial charge on any atom is 0.143 e. The summed E-state index contributed by atoms with van der Waals surface area (Å²) < 4.78 is 6.86. The maximum absolute atomic E-state index is 6.86. The van der Waals surface area contributed by atoms with Crippen LogP contribution in [-0.4, -0.2) is 12.6 Å². The first-order chi connectivity index (χ1) is 16.3. The molecular formula is C31H41NO. The van der Waals surface area contributed by atoms with Gasteiger partial charge in [0.25, 0.3) is 0 Å². The zero-order valence-corrected chi connectivity index (χ0v) is 20.3. The minimum Gasteiger partial charge on any atom is -0.361 e. The summed E-state index contributed by atoms with van der Waals surface area (Å²) in [5.41, 5.74) is 9.22. The molecule has 0 aliphatic carbocycles. The lowest BCUT2D eigenvalue weighted by atomic mass is 9.80. The highest BCUT2D eigenvalue weighted by molar-refractivity contribution is 5.47. The minimum absolute atomic E-state index is 0.347. The summed E-state index contributed by atoms with van der Waals surface area (Å²) in [6.45, 7) is 2.97. The number of hydrogen-bond donors (Lipinski definition) is 1. The standard InChI is InChI=1S/C31H41NO/c1-2-3-4-15-24-30(32)25-16-8-17-26-33-31(27-18-9-5-10-19-27,28-20-11-6-12-21-28)29-22-13-7-14-23-29/h5-7,9-14,18-23,30H,2-4,8,15-17,24-26,32H2,1H3. The second-order valence-electron chi connectivity index (χ2n) is 9.09. The summed E-state index contributed by atoms with van der Waals surface area (Å²) >= 11 is 0. The summed E-state index contributed by atoms with van der Waals surface area (Å²) in [7, 11) is 0. The van der Waals surface area contributed by atoms with Gasteiger partial charge >= 0.3 is 0 Å². The molecule has 1 unspecified atom stereocenters. The van der Waals surface area contributed by atoms with Crippen LogP contribution in [0.15, 0.2) is 91.0 Å². The molecule has 3 aromatic rings. The molecule has 0 saturated heterocycles.